The van der Waals surface area contributed by atoms with Crippen molar-refractivity contribution >= 4 is 11.6 Å². The van der Waals surface area contributed by atoms with E-state index < -0.39 is 17.3 Å². The van der Waals surface area contributed by atoms with Gasteiger partial charge in [-0.2, -0.15) is 18.4 Å². The molecule has 0 aromatic heterocycles. The van der Waals surface area contributed by atoms with E-state index in [0.717, 1.165) is 12.1 Å². The Morgan fingerprint density at radius 3 is 2.53 bits per heavy atom. The molecule has 0 bridgehead atoms. The molecule has 1 N–H and O–H groups in total. The summed E-state index contributed by atoms with van der Waals surface area (Å²) in [6, 6.07) is 4.58. The molecule has 19 heavy (non-hydrogen) atoms. The predicted octanol–water partition coefficient (Wildman–Crippen LogP) is 2.08. The number of hydrogen-bond acceptors (Lipinski definition) is 3. The maximum Gasteiger partial charge on any atom is 0.417 e. The summed E-state index contributed by atoms with van der Waals surface area (Å²) in [5.74, 6) is -0.224. The number of benzene rings is 1. The Morgan fingerprint density at radius 2 is 2.05 bits per heavy atom. The molecule has 1 aromatic carbocycles. The summed E-state index contributed by atoms with van der Waals surface area (Å²) in [6.45, 7) is -0.0523. The number of rotatable bonds is 3. The number of carbonyl (C=O) groups is 1. The molecule has 0 saturated carbocycles. The normalized spacial score (nSPS) is 10.7. The first-order valence-electron chi connectivity index (χ1n) is 5.31. The summed E-state index contributed by atoms with van der Waals surface area (Å²) in [4.78, 5) is 12.7. The van der Waals surface area contributed by atoms with E-state index in [2.05, 4.69) is 5.32 Å². The second-order valence-electron chi connectivity index (χ2n) is 4.01. The van der Waals surface area contributed by atoms with Gasteiger partial charge in [0.25, 0.3) is 0 Å². The molecule has 1 rings (SSSR count). The molecule has 0 unspecified atom stereocenters. The minimum absolute atomic E-state index is 0.0523. The van der Waals surface area contributed by atoms with Gasteiger partial charge in [-0.25, -0.2) is 0 Å². The molecule has 0 spiro atoms. The molecule has 0 aliphatic rings. The van der Waals surface area contributed by atoms with Crippen molar-refractivity contribution in [3.8, 4) is 6.07 Å². The van der Waals surface area contributed by atoms with Gasteiger partial charge in [-0.05, 0) is 18.2 Å². The number of amides is 1. The van der Waals surface area contributed by atoms with Crippen LogP contribution in [0.4, 0.5) is 18.9 Å². The molecule has 102 valence electrons. The van der Waals surface area contributed by atoms with Crippen molar-refractivity contribution in [1.29, 1.82) is 5.26 Å². The lowest BCUT2D eigenvalue weighted by Crippen LogP contribution is -2.28. The number of anilines is 1. The monoisotopic (exact) mass is 271 g/mol. The number of nitrogens with zero attached hydrogens (tertiary/aromatic N) is 2. The zero-order valence-corrected chi connectivity index (χ0v) is 10.4. The topological polar surface area (TPSA) is 56.1 Å². The van der Waals surface area contributed by atoms with Crippen LogP contribution in [0.15, 0.2) is 18.2 Å². The van der Waals surface area contributed by atoms with E-state index in [4.69, 9.17) is 5.26 Å². The summed E-state index contributed by atoms with van der Waals surface area (Å²) >= 11 is 0. The quantitative estimate of drug-likeness (QED) is 0.915. The first-order chi connectivity index (χ1) is 8.75. The van der Waals surface area contributed by atoms with Gasteiger partial charge >= 0.3 is 6.18 Å². The number of likely N-dealkylation sites (N-methyl/N-ethyl adjacent to an activating group) is 1. The minimum atomic E-state index is -4.57. The standard InChI is InChI=1S/C12H12F3N3O/c1-18(2)11(19)7-17-9-3-4-10(12(13,14)15)8(5-9)6-16/h3-5,17H,7H2,1-2H3. The minimum Gasteiger partial charge on any atom is -0.376 e. The van der Waals surface area contributed by atoms with Crippen LogP contribution in [-0.4, -0.2) is 31.4 Å². The third-order valence-electron chi connectivity index (χ3n) is 2.39. The van der Waals surface area contributed by atoms with Gasteiger partial charge in [0, 0.05) is 19.8 Å². The van der Waals surface area contributed by atoms with Crippen molar-refractivity contribution in [3.63, 3.8) is 0 Å². The highest BCUT2D eigenvalue weighted by atomic mass is 19.4. The van der Waals surface area contributed by atoms with Crippen molar-refractivity contribution in [2.24, 2.45) is 0 Å². The van der Waals surface area contributed by atoms with Crippen LogP contribution in [0.5, 0.6) is 0 Å². The van der Waals surface area contributed by atoms with Crippen LogP contribution in [0, 0.1) is 11.3 Å². The molecular formula is C12H12F3N3O. The van der Waals surface area contributed by atoms with Gasteiger partial charge in [0.05, 0.1) is 23.7 Å². The van der Waals surface area contributed by atoms with Crippen LogP contribution in [0.25, 0.3) is 0 Å². The van der Waals surface area contributed by atoms with Crippen molar-refractivity contribution in [2.45, 2.75) is 6.18 Å². The van der Waals surface area contributed by atoms with Gasteiger partial charge in [-0.15, -0.1) is 0 Å². The molecule has 1 amide bonds. The fourth-order valence-electron chi connectivity index (χ4n) is 1.33. The lowest BCUT2D eigenvalue weighted by Gasteiger charge is -2.13. The molecule has 1 aromatic rings. The second kappa shape index (κ2) is 5.61. The van der Waals surface area contributed by atoms with Crippen molar-refractivity contribution in [2.75, 3.05) is 26.0 Å². The predicted molar refractivity (Wildman–Crippen MR) is 63.3 cm³/mol. The second-order valence-corrected chi connectivity index (χ2v) is 4.01. The lowest BCUT2D eigenvalue weighted by molar-refractivity contribution is -0.137. The Hall–Kier alpha value is -2.23. The average Bonchev–Trinajstić information content (AvgIpc) is 2.34. The summed E-state index contributed by atoms with van der Waals surface area (Å²) in [5.41, 5.74) is -1.17. The highest BCUT2D eigenvalue weighted by molar-refractivity contribution is 5.80. The van der Waals surface area contributed by atoms with Crippen LogP contribution in [0.2, 0.25) is 0 Å². The molecule has 0 radical (unpaired) electrons. The van der Waals surface area contributed by atoms with Crippen molar-refractivity contribution in [3.05, 3.63) is 29.3 Å². The molecule has 4 nitrogen and oxygen atoms in total. The SMILES string of the molecule is CN(C)C(=O)CNc1ccc(C(F)(F)F)c(C#N)c1. The zero-order chi connectivity index (χ0) is 14.6. The van der Waals surface area contributed by atoms with E-state index >= 15 is 0 Å². The summed E-state index contributed by atoms with van der Waals surface area (Å²) in [7, 11) is 3.13. The van der Waals surface area contributed by atoms with E-state index in [1.807, 2.05) is 0 Å². The summed E-state index contributed by atoms with van der Waals surface area (Å²) in [6.07, 6.45) is -4.57. The largest absolute Gasteiger partial charge is 0.417 e. The number of nitriles is 1. The molecule has 7 heteroatoms. The maximum absolute atomic E-state index is 12.6. The van der Waals surface area contributed by atoms with Gasteiger partial charge in [0.1, 0.15) is 0 Å². The first kappa shape index (κ1) is 14.8. The van der Waals surface area contributed by atoms with Crippen LogP contribution in [-0.2, 0) is 11.0 Å². The Morgan fingerprint density at radius 1 is 1.42 bits per heavy atom. The van der Waals surface area contributed by atoms with Crippen LogP contribution < -0.4 is 5.32 Å². The molecule has 0 aliphatic heterocycles. The number of nitrogens with one attached hydrogen (secondary N) is 1. The van der Waals surface area contributed by atoms with E-state index in [1.165, 1.54) is 17.0 Å². The molecule has 0 atom stereocenters. The number of carbonyl (C=O) groups excluding carboxylic acids is 1. The third kappa shape index (κ3) is 3.88. The number of alkyl halides is 3. The van der Waals surface area contributed by atoms with E-state index in [-0.39, 0.29) is 12.5 Å². The van der Waals surface area contributed by atoms with Gasteiger partial charge in [0.2, 0.25) is 5.91 Å². The number of hydrogen-bond donors (Lipinski definition) is 1. The molecule has 0 aliphatic carbocycles. The average molecular weight is 271 g/mol. The Kier molecular flexibility index (Phi) is 4.38. The third-order valence-corrected chi connectivity index (χ3v) is 2.39. The molecule has 0 heterocycles. The van der Waals surface area contributed by atoms with Crippen LogP contribution in [0.3, 0.4) is 0 Å². The molecule has 0 saturated heterocycles. The van der Waals surface area contributed by atoms with E-state index in [9.17, 15) is 18.0 Å². The van der Waals surface area contributed by atoms with Crippen molar-refractivity contribution in [1.82, 2.24) is 4.90 Å². The Balaban J connectivity index is 2.90. The Labute approximate surface area is 108 Å². The van der Waals surface area contributed by atoms with E-state index in [0.29, 0.717) is 5.69 Å². The molecular weight excluding hydrogens is 259 g/mol. The van der Waals surface area contributed by atoms with Crippen LogP contribution in [0.1, 0.15) is 11.1 Å². The summed E-state index contributed by atoms with van der Waals surface area (Å²) < 4.78 is 37.7. The van der Waals surface area contributed by atoms with Crippen LogP contribution >= 0.6 is 0 Å². The zero-order valence-electron chi connectivity index (χ0n) is 10.4. The fourth-order valence-corrected chi connectivity index (χ4v) is 1.33. The first-order valence-corrected chi connectivity index (χ1v) is 5.31. The Bertz CT molecular complexity index is 518. The molecule has 0 fully saturated rings. The van der Waals surface area contributed by atoms with Gasteiger partial charge in [-0.3, -0.25) is 4.79 Å². The maximum atomic E-state index is 12.6. The lowest BCUT2D eigenvalue weighted by atomic mass is 10.1. The van der Waals surface area contributed by atoms with Crippen molar-refractivity contribution < 1.29 is 18.0 Å². The highest BCUT2D eigenvalue weighted by Gasteiger charge is 2.33. The van der Waals surface area contributed by atoms with E-state index in [1.54, 1.807) is 14.1 Å². The number of halogens is 3. The van der Waals surface area contributed by atoms with Gasteiger partial charge in [-0.1, -0.05) is 0 Å². The summed E-state index contributed by atoms with van der Waals surface area (Å²) in [5, 5.41) is 11.4. The van der Waals surface area contributed by atoms with Gasteiger partial charge < -0.3 is 10.2 Å². The highest BCUT2D eigenvalue weighted by Crippen LogP contribution is 2.32. The fraction of sp³-hybridized carbons (Fsp3) is 0.333. The smallest absolute Gasteiger partial charge is 0.376 e. The van der Waals surface area contributed by atoms with Gasteiger partial charge in [0.15, 0.2) is 0 Å².